The Hall–Kier alpha value is -1.29. The van der Waals surface area contributed by atoms with Gasteiger partial charge in [-0.05, 0) is 31.4 Å². The highest BCUT2D eigenvalue weighted by Crippen LogP contribution is 2.31. The van der Waals surface area contributed by atoms with Crippen molar-refractivity contribution in [3.8, 4) is 0 Å². The van der Waals surface area contributed by atoms with E-state index in [1.54, 1.807) is 0 Å². The van der Waals surface area contributed by atoms with Gasteiger partial charge in [0.15, 0.2) is 0 Å². The predicted octanol–water partition coefficient (Wildman–Crippen LogP) is 1.42. The van der Waals surface area contributed by atoms with E-state index >= 15 is 0 Å². The van der Waals surface area contributed by atoms with Crippen molar-refractivity contribution >= 4 is 5.91 Å². The van der Waals surface area contributed by atoms with Crippen LogP contribution in [0.1, 0.15) is 37.9 Å². The summed E-state index contributed by atoms with van der Waals surface area (Å²) < 4.78 is 0. The molecule has 2 heterocycles. The number of hydrogen-bond acceptors (Lipinski definition) is 2. The third-order valence-electron chi connectivity index (χ3n) is 3.27. The number of H-pyrrole nitrogens is 1. The van der Waals surface area contributed by atoms with Gasteiger partial charge >= 0.3 is 0 Å². The Kier molecular flexibility index (Phi) is 3.29. The summed E-state index contributed by atoms with van der Waals surface area (Å²) >= 11 is 0. The minimum atomic E-state index is -0.351. The van der Waals surface area contributed by atoms with Crippen LogP contribution in [0.4, 0.5) is 0 Å². The molecule has 0 aromatic carbocycles. The van der Waals surface area contributed by atoms with Crippen molar-refractivity contribution in [2.24, 2.45) is 5.73 Å². The van der Waals surface area contributed by atoms with Crippen LogP contribution in [0, 0.1) is 0 Å². The van der Waals surface area contributed by atoms with Gasteiger partial charge in [0.25, 0.3) is 0 Å². The Morgan fingerprint density at radius 3 is 3.19 bits per heavy atom. The largest absolute Gasteiger partial charge is 0.363 e. The number of aromatic amines is 1. The fourth-order valence-corrected chi connectivity index (χ4v) is 2.29. The lowest BCUT2D eigenvalue weighted by Crippen LogP contribution is -2.43. The molecule has 0 aliphatic carbocycles. The molecule has 88 valence electrons. The summed E-state index contributed by atoms with van der Waals surface area (Å²) in [6.07, 6.45) is 4.69. The summed E-state index contributed by atoms with van der Waals surface area (Å²) in [5, 5.41) is 0. The molecule has 0 radical (unpaired) electrons. The molecule has 1 amide bonds. The summed E-state index contributed by atoms with van der Waals surface area (Å²) in [5.41, 5.74) is 6.93. The van der Waals surface area contributed by atoms with E-state index in [-0.39, 0.29) is 18.0 Å². The van der Waals surface area contributed by atoms with Gasteiger partial charge in [-0.2, -0.15) is 0 Å². The molecule has 1 aromatic rings. The Bertz CT molecular complexity index is 347. The third-order valence-corrected chi connectivity index (χ3v) is 3.27. The van der Waals surface area contributed by atoms with Crippen molar-refractivity contribution in [2.45, 2.75) is 38.3 Å². The molecule has 0 saturated carbocycles. The lowest BCUT2D eigenvalue weighted by Gasteiger charge is -2.26. The van der Waals surface area contributed by atoms with E-state index in [2.05, 4.69) is 4.98 Å². The summed E-state index contributed by atoms with van der Waals surface area (Å²) in [5.74, 6) is 0.0830. The molecule has 3 N–H and O–H groups in total. The number of rotatable bonds is 3. The second-order valence-corrected chi connectivity index (χ2v) is 4.33. The molecule has 1 unspecified atom stereocenters. The quantitative estimate of drug-likeness (QED) is 0.810. The number of hydrogen-bond donors (Lipinski definition) is 2. The van der Waals surface area contributed by atoms with E-state index in [0.29, 0.717) is 6.42 Å². The average molecular weight is 221 g/mol. The number of aromatic nitrogens is 1. The molecule has 4 heteroatoms. The number of nitrogens with one attached hydrogen (secondary N) is 1. The second-order valence-electron chi connectivity index (χ2n) is 4.33. The standard InChI is InChI=1S/C12H19N3O/c1-2-9(13)12(16)15-8-4-6-11(15)10-5-3-7-14-10/h3,5,7,9,11,14H,2,4,6,8,13H2,1H3/t9-,11?/m1/s1. The van der Waals surface area contributed by atoms with Gasteiger partial charge in [-0.3, -0.25) is 4.79 Å². The summed E-state index contributed by atoms with van der Waals surface area (Å²) in [4.78, 5) is 17.2. The molecule has 16 heavy (non-hydrogen) atoms. The maximum atomic E-state index is 12.1. The minimum Gasteiger partial charge on any atom is -0.363 e. The van der Waals surface area contributed by atoms with Gasteiger partial charge in [-0.15, -0.1) is 0 Å². The highest BCUT2D eigenvalue weighted by molar-refractivity contribution is 5.82. The highest BCUT2D eigenvalue weighted by atomic mass is 16.2. The van der Waals surface area contributed by atoms with E-state index < -0.39 is 0 Å². The predicted molar refractivity (Wildman–Crippen MR) is 62.7 cm³/mol. The second kappa shape index (κ2) is 4.70. The number of likely N-dealkylation sites (tertiary alicyclic amines) is 1. The van der Waals surface area contributed by atoms with Gasteiger partial charge in [-0.25, -0.2) is 0 Å². The van der Waals surface area contributed by atoms with Crippen LogP contribution in [-0.4, -0.2) is 28.4 Å². The summed E-state index contributed by atoms with van der Waals surface area (Å²) in [6.45, 7) is 2.78. The molecule has 0 spiro atoms. The normalized spacial score (nSPS) is 22.4. The summed E-state index contributed by atoms with van der Waals surface area (Å²) in [7, 11) is 0. The smallest absolute Gasteiger partial charge is 0.240 e. The summed E-state index contributed by atoms with van der Waals surface area (Å²) in [6, 6.07) is 3.85. The highest BCUT2D eigenvalue weighted by Gasteiger charge is 2.32. The molecular formula is C12H19N3O. The third kappa shape index (κ3) is 1.97. The van der Waals surface area contributed by atoms with Gasteiger partial charge in [0.2, 0.25) is 5.91 Å². The molecule has 1 aliphatic heterocycles. The molecular weight excluding hydrogens is 202 g/mol. The SMILES string of the molecule is CC[C@@H](N)C(=O)N1CCCC1c1ccc[nH]1. The first-order chi connectivity index (χ1) is 7.74. The zero-order valence-electron chi connectivity index (χ0n) is 9.65. The van der Waals surface area contributed by atoms with Crippen molar-refractivity contribution < 1.29 is 4.79 Å². The first-order valence-electron chi connectivity index (χ1n) is 5.93. The zero-order valence-corrected chi connectivity index (χ0v) is 9.65. The zero-order chi connectivity index (χ0) is 11.5. The molecule has 2 rings (SSSR count). The van der Waals surface area contributed by atoms with Crippen LogP contribution in [0.5, 0.6) is 0 Å². The number of nitrogens with two attached hydrogens (primary N) is 1. The van der Waals surface area contributed by atoms with Crippen molar-refractivity contribution in [1.29, 1.82) is 0 Å². The Labute approximate surface area is 95.8 Å². The Morgan fingerprint density at radius 1 is 1.75 bits per heavy atom. The van der Waals surface area contributed by atoms with Crippen LogP contribution < -0.4 is 5.73 Å². The van der Waals surface area contributed by atoms with E-state index in [0.717, 1.165) is 25.1 Å². The van der Waals surface area contributed by atoms with Crippen molar-refractivity contribution in [3.05, 3.63) is 24.0 Å². The lowest BCUT2D eigenvalue weighted by atomic mass is 10.1. The van der Waals surface area contributed by atoms with E-state index in [1.165, 1.54) is 0 Å². The van der Waals surface area contributed by atoms with Crippen molar-refractivity contribution in [1.82, 2.24) is 9.88 Å². The fourth-order valence-electron chi connectivity index (χ4n) is 2.29. The maximum Gasteiger partial charge on any atom is 0.240 e. The topological polar surface area (TPSA) is 62.1 Å². The van der Waals surface area contributed by atoms with Crippen molar-refractivity contribution in [2.75, 3.05) is 6.54 Å². The maximum absolute atomic E-state index is 12.1. The Morgan fingerprint density at radius 2 is 2.56 bits per heavy atom. The molecule has 1 saturated heterocycles. The molecule has 1 aromatic heterocycles. The minimum absolute atomic E-state index is 0.0830. The van der Waals surface area contributed by atoms with Gasteiger partial charge in [0.05, 0.1) is 12.1 Å². The fraction of sp³-hybridized carbons (Fsp3) is 0.583. The van der Waals surface area contributed by atoms with Crippen LogP contribution in [0.3, 0.4) is 0 Å². The first kappa shape index (κ1) is 11.2. The van der Waals surface area contributed by atoms with Gasteiger partial charge in [-0.1, -0.05) is 6.92 Å². The first-order valence-corrected chi connectivity index (χ1v) is 5.93. The average Bonchev–Trinajstić information content (AvgIpc) is 2.95. The molecule has 4 nitrogen and oxygen atoms in total. The molecule has 2 atom stereocenters. The van der Waals surface area contributed by atoms with Crippen LogP contribution in [0.2, 0.25) is 0 Å². The molecule has 1 fully saturated rings. The number of amides is 1. The van der Waals surface area contributed by atoms with Crippen LogP contribution in [0.25, 0.3) is 0 Å². The van der Waals surface area contributed by atoms with E-state index in [4.69, 9.17) is 5.73 Å². The van der Waals surface area contributed by atoms with Crippen LogP contribution in [-0.2, 0) is 4.79 Å². The van der Waals surface area contributed by atoms with E-state index in [9.17, 15) is 4.79 Å². The Balaban J connectivity index is 2.12. The van der Waals surface area contributed by atoms with Gasteiger partial charge in [0.1, 0.15) is 0 Å². The van der Waals surface area contributed by atoms with E-state index in [1.807, 2.05) is 30.2 Å². The van der Waals surface area contributed by atoms with Crippen LogP contribution >= 0.6 is 0 Å². The van der Waals surface area contributed by atoms with Gasteiger partial charge < -0.3 is 15.6 Å². The number of carbonyl (C=O) groups is 1. The van der Waals surface area contributed by atoms with Crippen molar-refractivity contribution in [3.63, 3.8) is 0 Å². The number of carbonyl (C=O) groups excluding carboxylic acids is 1. The monoisotopic (exact) mass is 221 g/mol. The molecule has 0 bridgehead atoms. The number of nitrogens with zero attached hydrogens (tertiary/aromatic N) is 1. The lowest BCUT2D eigenvalue weighted by molar-refractivity contribution is -0.133. The van der Waals surface area contributed by atoms with Gasteiger partial charge in [0, 0.05) is 18.4 Å². The van der Waals surface area contributed by atoms with Crippen LogP contribution in [0.15, 0.2) is 18.3 Å². The molecule has 1 aliphatic rings.